The normalized spacial score (nSPS) is 16.0. The number of carbonyl (C=O) groups excluding carboxylic acids is 1. The topological polar surface area (TPSA) is 92.4 Å². The molecule has 0 aromatic rings. The van der Waals surface area contributed by atoms with Gasteiger partial charge < -0.3 is 10.8 Å². The van der Waals surface area contributed by atoms with Crippen molar-refractivity contribution in [2.75, 3.05) is 6.54 Å². The Bertz CT molecular complexity index is 253. The zero-order chi connectivity index (χ0) is 11.6. The number of carboxylic acids is 1. The molecule has 0 saturated carbocycles. The van der Waals surface area contributed by atoms with Crippen molar-refractivity contribution in [1.29, 1.82) is 0 Å². The zero-order valence-electron chi connectivity index (χ0n) is 7.18. The number of amides is 1. The number of nitrogens with one attached hydrogen (secondary N) is 1. The summed E-state index contributed by atoms with van der Waals surface area (Å²) in [6.45, 7) is -0.444. The molecule has 0 heterocycles. The third-order valence-corrected chi connectivity index (χ3v) is 1.61. The number of primary amides is 1. The Labute approximate surface area is 77.1 Å². The number of nitrogens with two attached hydrogens (primary N) is 1. The van der Waals surface area contributed by atoms with Gasteiger partial charge in [-0.2, -0.15) is 13.2 Å². The summed E-state index contributed by atoms with van der Waals surface area (Å²) in [6, 6.07) is 0. The maximum atomic E-state index is 12.2. The number of carbonyl (C=O) groups is 2. The molecule has 0 aromatic heterocycles. The minimum absolute atomic E-state index is 0.415. The summed E-state index contributed by atoms with van der Waals surface area (Å²) in [5, 5.41) is 9.88. The summed E-state index contributed by atoms with van der Waals surface area (Å²) in [4.78, 5) is 20.5. The van der Waals surface area contributed by atoms with Crippen LogP contribution in [-0.4, -0.2) is 35.2 Å². The zero-order valence-corrected chi connectivity index (χ0v) is 7.18. The minimum Gasteiger partial charge on any atom is -0.480 e. The highest BCUT2D eigenvalue weighted by atomic mass is 19.4. The van der Waals surface area contributed by atoms with Gasteiger partial charge in [-0.3, -0.25) is 10.1 Å². The van der Waals surface area contributed by atoms with Crippen molar-refractivity contribution >= 4 is 11.9 Å². The van der Waals surface area contributed by atoms with Crippen LogP contribution < -0.4 is 11.1 Å². The molecule has 0 spiro atoms. The van der Waals surface area contributed by atoms with Crippen LogP contribution in [0.4, 0.5) is 13.2 Å². The van der Waals surface area contributed by atoms with Crippen LogP contribution in [0.2, 0.25) is 0 Å². The van der Waals surface area contributed by atoms with E-state index in [4.69, 9.17) is 5.11 Å². The summed E-state index contributed by atoms with van der Waals surface area (Å²) in [5.74, 6) is -3.19. The second kappa shape index (κ2) is 3.82. The molecule has 0 aromatic carbocycles. The molecule has 0 aliphatic carbocycles. The smallest absolute Gasteiger partial charge is 0.417 e. The van der Waals surface area contributed by atoms with E-state index in [1.54, 1.807) is 0 Å². The lowest BCUT2D eigenvalue weighted by molar-refractivity contribution is -0.205. The van der Waals surface area contributed by atoms with E-state index in [0.717, 1.165) is 0 Å². The van der Waals surface area contributed by atoms with Gasteiger partial charge in [-0.1, -0.05) is 0 Å². The lowest BCUT2D eigenvalue weighted by atomic mass is 10.0. The summed E-state index contributed by atoms with van der Waals surface area (Å²) in [7, 11) is 0. The Morgan fingerprint density at radius 1 is 1.43 bits per heavy atom. The Kier molecular flexibility index (Phi) is 3.47. The number of hydrogen-bond acceptors (Lipinski definition) is 3. The third-order valence-electron chi connectivity index (χ3n) is 1.61. The van der Waals surface area contributed by atoms with Crippen LogP contribution in [0.5, 0.6) is 0 Å². The highest BCUT2D eigenvalue weighted by molar-refractivity contribution is 5.81. The molecule has 4 N–H and O–H groups in total. The van der Waals surface area contributed by atoms with Crippen LogP contribution in [0.3, 0.4) is 0 Å². The van der Waals surface area contributed by atoms with E-state index in [1.807, 2.05) is 0 Å². The maximum absolute atomic E-state index is 12.2. The molecule has 8 heteroatoms. The molecule has 82 valence electrons. The van der Waals surface area contributed by atoms with Crippen LogP contribution in [0.1, 0.15) is 6.92 Å². The second-order valence-corrected chi connectivity index (χ2v) is 2.75. The summed E-state index contributed by atoms with van der Waals surface area (Å²) in [5.41, 5.74) is 1.42. The number of rotatable bonds is 4. The first-order chi connectivity index (χ1) is 6.11. The van der Waals surface area contributed by atoms with Crippen molar-refractivity contribution in [1.82, 2.24) is 5.32 Å². The van der Waals surface area contributed by atoms with Crippen LogP contribution in [0.25, 0.3) is 0 Å². The van der Waals surface area contributed by atoms with Crippen molar-refractivity contribution in [3.63, 3.8) is 0 Å². The number of aliphatic carboxylic acids is 1. The van der Waals surface area contributed by atoms with Crippen LogP contribution >= 0.6 is 0 Å². The molecule has 14 heavy (non-hydrogen) atoms. The Morgan fingerprint density at radius 3 is 2.07 bits per heavy atom. The van der Waals surface area contributed by atoms with Gasteiger partial charge in [0.2, 0.25) is 11.4 Å². The van der Waals surface area contributed by atoms with Gasteiger partial charge >= 0.3 is 12.1 Å². The third kappa shape index (κ3) is 2.59. The molecule has 0 rings (SSSR count). The van der Waals surface area contributed by atoms with Crippen molar-refractivity contribution in [2.24, 2.45) is 5.73 Å². The lowest BCUT2D eigenvalue weighted by Gasteiger charge is -2.27. The number of hydrogen-bond donors (Lipinski definition) is 3. The van der Waals surface area contributed by atoms with Gasteiger partial charge in [0, 0.05) is 0 Å². The van der Waals surface area contributed by atoms with E-state index in [0.29, 0.717) is 6.92 Å². The predicted molar refractivity (Wildman–Crippen MR) is 39.3 cm³/mol. The number of carboxylic acid groups (broad SMARTS) is 1. The summed E-state index contributed by atoms with van der Waals surface area (Å²) >= 11 is 0. The minimum atomic E-state index is -5.01. The highest BCUT2D eigenvalue weighted by Gasteiger charge is 2.57. The Morgan fingerprint density at radius 2 is 1.86 bits per heavy atom. The first-order valence-corrected chi connectivity index (χ1v) is 3.44. The fraction of sp³-hybridized carbons (Fsp3) is 0.667. The summed E-state index contributed by atoms with van der Waals surface area (Å²) < 4.78 is 36.6. The van der Waals surface area contributed by atoms with E-state index >= 15 is 0 Å². The lowest BCUT2D eigenvalue weighted by Crippen LogP contribution is -2.61. The van der Waals surface area contributed by atoms with E-state index in [1.165, 1.54) is 5.32 Å². The molecule has 0 aliphatic heterocycles. The van der Waals surface area contributed by atoms with Gasteiger partial charge in [0.25, 0.3) is 0 Å². The highest BCUT2D eigenvalue weighted by Crippen LogP contribution is 2.30. The number of alkyl halides is 3. The van der Waals surface area contributed by atoms with Gasteiger partial charge in [0.15, 0.2) is 0 Å². The molecule has 0 aliphatic rings. The van der Waals surface area contributed by atoms with Crippen LogP contribution in [0.15, 0.2) is 0 Å². The standard InChI is InChI=1S/C6H9F3N2O3/c1-5(4(13)14,6(7,8)9)11-2-3(10)12/h11H,2H2,1H3,(H2,10,12)(H,13,14). The van der Waals surface area contributed by atoms with E-state index < -0.39 is 30.1 Å². The molecule has 0 bridgehead atoms. The predicted octanol–water partition coefficient (Wildman–Crippen LogP) is -0.533. The van der Waals surface area contributed by atoms with E-state index in [9.17, 15) is 22.8 Å². The van der Waals surface area contributed by atoms with E-state index in [-0.39, 0.29) is 0 Å². The monoisotopic (exact) mass is 214 g/mol. The molecule has 0 saturated heterocycles. The first kappa shape index (κ1) is 12.7. The molecular formula is C6H9F3N2O3. The molecule has 1 amide bonds. The van der Waals surface area contributed by atoms with Crippen molar-refractivity contribution in [2.45, 2.75) is 18.6 Å². The molecule has 0 fully saturated rings. The van der Waals surface area contributed by atoms with Gasteiger partial charge in [-0.15, -0.1) is 0 Å². The van der Waals surface area contributed by atoms with Crippen LogP contribution in [-0.2, 0) is 9.59 Å². The summed E-state index contributed by atoms with van der Waals surface area (Å²) in [6.07, 6.45) is -5.01. The van der Waals surface area contributed by atoms with Gasteiger partial charge in [0.1, 0.15) is 0 Å². The molecule has 1 atom stereocenters. The average molecular weight is 214 g/mol. The van der Waals surface area contributed by atoms with Gasteiger partial charge in [-0.25, -0.2) is 4.79 Å². The molecule has 1 unspecified atom stereocenters. The fourth-order valence-corrected chi connectivity index (χ4v) is 0.561. The maximum Gasteiger partial charge on any atom is 0.417 e. The van der Waals surface area contributed by atoms with Crippen LogP contribution in [0, 0.1) is 0 Å². The average Bonchev–Trinajstić information content (AvgIpc) is 1.97. The van der Waals surface area contributed by atoms with E-state index in [2.05, 4.69) is 5.73 Å². The van der Waals surface area contributed by atoms with Crippen molar-refractivity contribution in [3.8, 4) is 0 Å². The second-order valence-electron chi connectivity index (χ2n) is 2.75. The largest absolute Gasteiger partial charge is 0.480 e. The first-order valence-electron chi connectivity index (χ1n) is 3.44. The van der Waals surface area contributed by atoms with Crippen molar-refractivity contribution < 1.29 is 27.9 Å². The van der Waals surface area contributed by atoms with Gasteiger partial charge in [0.05, 0.1) is 6.54 Å². The fourth-order valence-electron chi connectivity index (χ4n) is 0.561. The SMILES string of the molecule is CC(NCC(N)=O)(C(=O)O)C(F)(F)F. The molecule has 0 radical (unpaired) electrons. The Hall–Kier alpha value is -1.31. The van der Waals surface area contributed by atoms with Gasteiger partial charge in [-0.05, 0) is 6.92 Å². The molecular weight excluding hydrogens is 205 g/mol. The van der Waals surface area contributed by atoms with Crippen molar-refractivity contribution in [3.05, 3.63) is 0 Å². The molecule has 5 nitrogen and oxygen atoms in total. The number of halogens is 3. The quantitative estimate of drug-likeness (QED) is 0.586. The Balaban J connectivity index is 4.75.